The second-order valence-electron chi connectivity index (χ2n) is 4.26. The Balaban J connectivity index is 2.00. The summed E-state index contributed by atoms with van der Waals surface area (Å²) >= 11 is 0. The van der Waals surface area contributed by atoms with Gasteiger partial charge in [0.1, 0.15) is 0 Å². The fourth-order valence-electron chi connectivity index (χ4n) is 1.70. The average molecular weight is 201 g/mol. The zero-order chi connectivity index (χ0) is 10.4. The topological polar surface area (TPSA) is 21.7 Å². The minimum atomic E-state index is 0.360. The largest absolute Gasteiger partial charge is 0.379 e. The van der Waals surface area contributed by atoms with Crippen molar-refractivity contribution in [1.29, 1.82) is 0 Å². The lowest BCUT2D eigenvalue weighted by Crippen LogP contribution is -2.41. The maximum Gasteiger partial charge on any atom is 0.0674 e. The van der Waals surface area contributed by atoms with Gasteiger partial charge >= 0.3 is 0 Å². The second-order valence-corrected chi connectivity index (χ2v) is 4.26. The van der Waals surface area contributed by atoms with Gasteiger partial charge in [-0.25, -0.2) is 0 Å². The van der Waals surface area contributed by atoms with Crippen molar-refractivity contribution in [3.05, 3.63) is 0 Å². The lowest BCUT2D eigenvalue weighted by molar-refractivity contribution is -0.0221. The summed E-state index contributed by atoms with van der Waals surface area (Å²) in [6, 6.07) is 0. The molecule has 1 aliphatic rings. The zero-order valence-corrected chi connectivity index (χ0v) is 9.66. The molecule has 1 heterocycles. The van der Waals surface area contributed by atoms with Crippen molar-refractivity contribution in [2.24, 2.45) is 0 Å². The minimum absolute atomic E-state index is 0.360. The highest BCUT2D eigenvalue weighted by Gasteiger charge is 2.15. The van der Waals surface area contributed by atoms with E-state index in [1.807, 2.05) is 0 Å². The van der Waals surface area contributed by atoms with Gasteiger partial charge in [0.25, 0.3) is 0 Å². The summed E-state index contributed by atoms with van der Waals surface area (Å²) in [6.07, 6.45) is 1.89. The summed E-state index contributed by atoms with van der Waals surface area (Å²) in [6.45, 7) is 11.3. The fourth-order valence-corrected chi connectivity index (χ4v) is 1.70. The SMILES string of the molecule is CC(C)OCCCN1CCOC(C)C1. The molecule has 3 heteroatoms. The van der Waals surface area contributed by atoms with Crippen LogP contribution in [-0.2, 0) is 9.47 Å². The van der Waals surface area contributed by atoms with Crippen molar-refractivity contribution in [2.75, 3.05) is 32.8 Å². The highest BCUT2D eigenvalue weighted by atomic mass is 16.5. The molecule has 0 N–H and O–H groups in total. The second kappa shape index (κ2) is 6.38. The first kappa shape index (κ1) is 12.0. The van der Waals surface area contributed by atoms with E-state index in [-0.39, 0.29) is 0 Å². The molecule has 0 saturated carbocycles. The van der Waals surface area contributed by atoms with Gasteiger partial charge in [0.05, 0.1) is 18.8 Å². The van der Waals surface area contributed by atoms with Gasteiger partial charge in [-0.2, -0.15) is 0 Å². The van der Waals surface area contributed by atoms with E-state index in [9.17, 15) is 0 Å². The highest BCUT2D eigenvalue weighted by molar-refractivity contribution is 4.67. The molecule has 0 aromatic carbocycles. The third kappa shape index (κ3) is 4.94. The summed E-state index contributed by atoms with van der Waals surface area (Å²) in [4.78, 5) is 2.46. The molecule has 0 aliphatic carbocycles. The number of ether oxygens (including phenoxy) is 2. The Morgan fingerprint density at radius 2 is 2.29 bits per heavy atom. The van der Waals surface area contributed by atoms with Crippen LogP contribution >= 0.6 is 0 Å². The molecule has 1 atom stereocenters. The average Bonchev–Trinajstić information content (AvgIpc) is 2.12. The van der Waals surface area contributed by atoms with Crippen molar-refractivity contribution >= 4 is 0 Å². The Bertz CT molecular complexity index is 150. The maximum atomic E-state index is 5.50. The molecule has 0 aromatic heterocycles. The van der Waals surface area contributed by atoms with E-state index in [0.717, 1.165) is 39.3 Å². The van der Waals surface area contributed by atoms with Crippen LogP contribution in [0.1, 0.15) is 27.2 Å². The third-order valence-electron chi connectivity index (χ3n) is 2.40. The Morgan fingerprint density at radius 3 is 2.93 bits per heavy atom. The van der Waals surface area contributed by atoms with Crippen LogP contribution in [0.3, 0.4) is 0 Å². The summed E-state index contributed by atoms with van der Waals surface area (Å²) in [7, 11) is 0. The van der Waals surface area contributed by atoms with Gasteiger partial charge in [-0.15, -0.1) is 0 Å². The molecule has 1 aliphatic heterocycles. The standard InChI is InChI=1S/C11H23NO2/c1-10(2)13-7-4-5-12-6-8-14-11(3)9-12/h10-11H,4-9H2,1-3H3. The highest BCUT2D eigenvalue weighted by Crippen LogP contribution is 2.04. The van der Waals surface area contributed by atoms with E-state index in [0.29, 0.717) is 12.2 Å². The van der Waals surface area contributed by atoms with Gasteiger partial charge in [0.15, 0.2) is 0 Å². The molecule has 0 radical (unpaired) electrons. The van der Waals surface area contributed by atoms with E-state index in [4.69, 9.17) is 9.47 Å². The van der Waals surface area contributed by atoms with Crippen LogP contribution in [0.2, 0.25) is 0 Å². The molecule has 0 amide bonds. The fraction of sp³-hybridized carbons (Fsp3) is 1.00. The van der Waals surface area contributed by atoms with Crippen molar-refractivity contribution in [1.82, 2.24) is 4.90 Å². The zero-order valence-electron chi connectivity index (χ0n) is 9.66. The molecule has 0 aromatic rings. The number of hydrogen-bond acceptors (Lipinski definition) is 3. The summed E-state index contributed by atoms with van der Waals surface area (Å²) in [5.74, 6) is 0. The monoisotopic (exact) mass is 201 g/mol. The molecule has 14 heavy (non-hydrogen) atoms. The predicted octanol–water partition coefficient (Wildman–Crippen LogP) is 1.52. The molecule has 1 fully saturated rings. The van der Waals surface area contributed by atoms with E-state index in [1.165, 1.54) is 0 Å². The van der Waals surface area contributed by atoms with E-state index < -0.39 is 0 Å². The molecule has 0 spiro atoms. The van der Waals surface area contributed by atoms with E-state index >= 15 is 0 Å². The lowest BCUT2D eigenvalue weighted by atomic mass is 10.3. The first-order valence-electron chi connectivity index (χ1n) is 5.64. The molecule has 0 bridgehead atoms. The number of hydrogen-bond donors (Lipinski definition) is 0. The van der Waals surface area contributed by atoms with Crippen LogP contribution < -0.4 is 0 Å². The quantitative estimate of drug-likeness (QED) is 0.630. The molecule has 3 nitrogen and oxygen atoms in total. The minimum Gasteiger partial charge on any atom is -0.379 e. The van der Waals surface area contributed by atoms with Crippen LogP contribution in [0.15, 0.2) is 0 Å². The van der Waals surface area contributed by atoms with Gasteiger partial charge in [-0.1, -0.05) is 0 Å². The molecule has 1 unspecified atom stereocenters. The number of rotatable bonds is 5. The lowest BCUT2D eigenvalue weighted by Gasteiger charge is -2.31. The number of morpholine rings is 1. The van der Waals surface area contributed by atoms with Crippen LogP contribution in [-0.4, -0.2) is 50.0 Å². The van der Waals surface area contributed by atoms with Crippen LogP contribution in [0.4, 0.5) is 0 Å². The molecular weight excluding hydrogens is 178 g/mol. The van der Waals surface area contributed by atoms with Gasteiger partial charge < -0.3 is 9.47 Å². The van der Waals surface area contributed by atoms with Crippen molar-refractivity contribution in [2.45, 2.75) is 39.4 Å². The smallest absolute Gasteiger partial charge is 0.0674 e. The van der Waals surface area contributed by atoms with E-state index in [1.54, 1.807) is 0 Å². The van der Waals surface area contributed by atoms with Crippen LogP contribution in [0, 0.1) is 0 Å². The van der Waals surface area contributed by atoms with Crippen molar-refractivity contribution < 1.29 is 9.47 Å². The summed E-state index contributed by atoms with van der Waals surface area (Å²) < 4.78 is 11.0. The van der Waals surface area contributed by atoms with Crippen LogP contribution in [0.5, 0.6) is 0 Å². The van der Waals surface area contributed by atoms with Gasteiger partial charge in [0, 0.05) is 26.2 Å². The normalized spacial score (nSPS) is 24.4. The summed E-state index contributed by atoms with van der Waals surface area (Å²) in [5, 5.41) is 0. The Hall–Kier alpha value is -0.120. The Morgan fingerprint density at radius 1 is 1.50 bits per heavy atom. The van der Waals surface area contributed by atoms with E-state index in [2.05, 4.69) is 25.7 Å². The van der Waals surface area contributed by atoms with Gasteiger partial charge in [0.2, 0.25) is 0 Å². The molecule has 1 saturated heterocycles. The Labute approximate surface area is 87.4 Å². The van der Waals surface area contributed by atoms with Gasteiger partial charge in [-0.05, 0) is 27.2 Å². The van der Waals surface area contributed by atoms with Crippen molar-refractivity contribution in [3.8, 4) is 0 Å². The van der Waals surface area contributed by atoms with Gasteiger partial charge in [-0.3, -0.25) is 4.90 Å². The summed E-state index contributed by atoms with van der Waals surface area (Å²) in [5.41, 5.74) is 0. The predicted molar refractivity (Wildman–Crippen MR) is 57.6 cm³/mol. The molecular formula is C11H23NO2. The molecule has 84 valence electrons. The van der Waals surface area contributed by atoms with Crippen LogP contribution in [0.25, 0.3) is 0 Å². The third-order valence-corrected chi connectivity index (χ3v) is 2.40. The maximum absolute atomic E-state index is 5.50. The van der Waals surface area contributed by atoms with Crippen molar-refractivity contribution in [3.63, 3.8) is 0 Å². The first-order chi connectivity index (χ1) is 6.68. The first-order valence-corrected chi connectivity index (χ1v) is 5.64. The Kier molecular flexibility index (Phi) is 5.45. The molecule has 1 rings (SSSR count). The number of nitrogens with zero attached hydrogens (tertiary/aromatic N) is 1.